The lowest BCUT2D eigenvalue weighted by atomic mass is 9.81. The van der Waals surface area contributed by atoms with E-state index < -0.39 is 63.9 Å². The molecule has 4 aliphatic heterocycles. The van der Waals surface area contributed by atoms with Gasteiger partial charge in [-0.15, -0.1) is 0 Å². The molecular formula is C37H47F6N6O4+. The average Bonchev–Trinajstić information content (AvgIpc) is 3.26. The first-order chi connectivity index (χ1) is 24.9. The Hall–Kier alpha value is -3.73. The van der Waals surface area contributed by atoms with Gasteiger partial charge in [0.2, 0.25) is 0 Å². The summed E-state index contributed by atoms with van der Waals surface area (Å²) in [5.74, 6) is 0. The summed E-state index contributed by atoms with van der Waals surface area (Å²) in [5.41, 5.74) is 2.50. The smallest absolute Gasteiger partial charge is 0.435 e. The van der Waals surface area contributed by atoms with Gasteiger partial charge in [-0.25, -0.2) is 9.28 Å². The van der Waals surface area contributed by atoms with E-state index in [4.69, 9.17) is 5.73 Å². The van der Waals surface area contributed by atoms with E-state index in [1.165, 1.54) is 0 Å². The lowest BCUT2D eigenvalue weighted by molar-refractivity contribution is -0.942. The molecule has 3 amide bonds. The van der Waals surface area contributed by atoms with Gasteiger partial charge in [0.1, 0.15) is 12.8 Å². The molecule has 0 bridgehead atoms. The molecule has 0 aromatic heterocycles. The Bertz CT molecular complexity index is 1650. The van der Waals surface area contributed by atoms with Gasteiger partial charge >= 0.3 is 24.5 Å². The molecule has 2 unspecified atom stereocenters. The Labute approximate surface area is 304 Å². The summed E-state index contributed by atoms with van der Waals surface area (Å²) < 4.78 is 83.0. The molecule has 0 saturated carbocycles. The molecule has 16 heteroatoms. The molecule has 2 aromatic rings. The number of amides is 3. The zero-order chi connectivity index (χ0) is 38.4. The van der Waals surface area contributed by atoms with Gasteiger partial charge in [-0.2, -0.15) is 31.1 Å². The molecule has 6 rings (SSSR count). The average molecular weight is 754 g/mol. The number of rotatable bonds is 7. The maximum atomic E-state index is 14.0. The van der Waals surface area contributed by atoms with Crippen LogP contribution in [0.1, 0.15) is 74.1 Å². The van der Waals surface area contributed by atoms with E-state index in [1.807, 2.05) is 24.0 Å². The van der Waals surface area contributed by atoms with Gasteiger partial charge < -0.3 is 30.8 Å². The van der Waals surface area contributed by atoms with Gasteiger partial charge in [0.05, 0.1) is 24.1 Å². The summed E-state index contributed by atoms with van der Waals surface area (Å²) in [6, 6.07) is 7.66. The predicted octanol–water partition coefficient (Wildman–Crippen LogP) is 6.53. The SMILES string of the molecule is CC1(N)CCN(C2CCN(C3(CC=O)CC(N4CCc5ccccc5NC4=O)CC[N@+]3(Cc3cc(C(F)(F)F)cc(C(F)(F)F)c3)C(=O)O)CC2)CC1. The number of piperidine rings is 3. The number of quaternary nitrogens is 1. The number of anilines is 1. The first-order valence-electron chi connectivity index (χ1n) is 18.1. The molecule has 3 saturated heterocycles. The van der Waals surface area contributed by atoms with Crippen LogP contribution in [0.25, 0.3) is 0 Å². The number of para-hydroxylation sites is 1. The Kier molecular flexibility index (Phi) is 10.7. The van der Waals surface area contributed by atoms with Crippen LogP contribution in [0.2, 0.25) is 0 Å². The highest BCUT2D eigenvalue weighted by atomic mass is 19.4. The van der Waals surface area contributed by atoms with Gasteiger partial charge in [0.25, 0.3) is 0 Å². The number of carbonyl (C=O) groups excluding carboxylic acids is 2. The first kappa shape index (κ1) is 39.0. The van der Waals surface area contributed by atoms with Crippen LogP contribution in [0.15, 0.2) is 42.5 Å². The number of nitrogens with one attached hydrogen (secondary N) is 1. The summed E-state index contributed by atoms with van der Waals surface area (Å²) in [6.07, 6.45) is -8.14. The molecule has 3 atom stereocenters. The predicted molar refractivity (Wildman–Crippen MR) is 184 cm³/mol. The highest BCUT2D eigenvalue weighted by Gasteiger charge is 2.64. The third kappa shape index (κ3) is 7.78. The van der Waals surface area contributed by atoms with Crippen molar-refractivity contribution in [3.05, 3.63) is 64.7 Å². The van der Waals surface area contributed by atoms with E-state index in [1.54, 1.807) is 17.0 Å². The molecule has 0 radical (unpaired) electrons. The maximum Gasteiger partial charge on any atom is 0.515 e. The summed E-state index contributed by atoms with van der Waals surface area (Å²) in [4.78, 5) is 46.1. The zero-order valence-electron chi connectivity index (χ0n) is 29.7. The Morgan fingerprint density at radius 2 is 1.58 bits per heavy atom. The molecule has 4 heterocycles. The van der Waals surface area contributed by atoms with E-state index in [0.29, 0.717) is 56.5 Å². The van der Waals surface area contributed by atoms with Crippen LogP contribution in [0.3, 0.4) is 0 Å². The number of nitrogens with zero attached hydrogens (tertiary/aromatic N) is 4. The standard InChI is InChI=1S/C37H46F6N6O4/c1-34(44)10-16-46(17-11-34)29-7-13-47(14-8-29)35(12-19-50)23-30(48-15-6-26-4-2-3-5-31(26)45-32(48)51)9-18-49(35,33(52)53)24-25-20-27(36(38,39)40)22-28(21-25)37(41,42)43/h2-5,19-22,29-30H,6-18,23-24,44H2,1H3,(H-,45,51,52,53)/p+1/t30?,35?,49-/m0/s1. The second-order valence-electron chi connectivity index (χ2n) is 15.5. The summed E-state index contributed by atoms with van der Waals surface area (Å²) in [7, 11) is 0. The van der Waals surface area contributed by atoms with E-state index in [9.17, 15) is 45.8 Å². The minimum Gasteiger partial charge on any atom is -0.435 e. The monoisotopic (exact) mass is 753 g/mol. The Morgan fingerprint density at radius 3 is 2.17 bits per heavy atom. The van der Waals surface area contributed by atoms with Crippen molar-refractivity contribution in [2.24, 2.45) is 5.73 Å². The maximum absolute atomic E-state index is 14.0. The van der Waals surface area contributed by atoms with Crippen LogP contribution < -0.4 is 11.1 Å². The summed E-state index contributed by atoms with van der Waals surface area (Å²) in [5, 5.41) is 14.1. The Morgan fingerprint density at radius 1 is 0.962 bits per heavy atom. The van der Waals surface area contributed by atoms with Crippen molar-refractivity contribution in [3.8, 4) is 0 Å². The number of halogens is 6. The molecule has 0 spiro atoms. The van der Waals surface area contributed by atoms with Crippen LogP contribution in [0.4, 0.5) is 41.6 Å². The van der Waals surface area contributed by atoms with Gasteiger partial charge in [-0.3, -0.25) is 4.90 Å². The highest BCUT2D eigenvalue weighted by molar-refractivity contribution is 5.91. The third-order valence-electron chi connectivity index (χ3n) is 12.2. The fourth-order valence-electron chi connectivity index (χ4n) is 9.19. The number of carboxylic acid groups (broad SMARTS) is 1. The molecule has 4 aliphatic rings. The van der Waals surface area contributed by atoms with Crippen LogP contribution in [0, 0.1) is 0 Å². The summed E-state index contributed by atoms with van der Waals surface area (Å²) >= 11 is 0. The van der Waals surface area contributed by atoms with Crippen LogP contribution in [-0.4, -0.2) is 105 Å². The van der Waals surface area contributed by atoms with E-state index in [-0.39, 0.29) is 50.0 Å². The van der Waals surface area contributed by atoms with Crippen molar-refractivity contribution >= 4 is 24.1 Å². The molecule has 2 aromatic carbocycles. The van der Waals surface area contributed by atoms with Crippen molar-refractivity contribution in [2.75, 3.05) is 44.6 Å². The number of alkyl halides is 6. The molecular weight excluding hydrogens is 706 g/mol. The third-order valence-corrected chi connectivity index (χ3v) is 12.2. The number of carbonyl (C=O) groups is 3. The lowest BCUT2D eigenvalue weighted by Gasteiger charge is -2.59. The van der Waals surface area contributed by atoms with E-state index in [0.717, 1.165) is 31.5 Å². The van der Waals surface area contributed by atoms with Crippen molar-refractivity contribution < 1.29 is 50.3 Å². The van der Waals surface area contributed by atoms with Crippen molar-refractivity contribution in [3.63, 3.8) is 0 Å². The second-order valence-corrected chi connectivity index (χ2v) is 15.5. The number of hydrogen-bond donors (Lipinski definition) is 3. The molecule has 53 heavy (non-hydrogen) atoms. The minimum atomic E-state index is -5.13. The molecule has 4 N–H and O–H groups in total. The molecule has 10 nitrogen and oxygen atoms in total. The fourth-order valence-corrected chi connectivity index (χ4v) is 9.19. The van der Waals surface area contributed by atoms with Crippen molar-refractivity contribution in [1.82, 2.24) is 14.7 Å². The number of nitrogens with two attached hydrogens (primary N) is 1. The van der Waals surface area contributed by atoms with Gasteiger partial charge in [0, 0.05) is 74.4 Å². The second kappa shape index (κ2) is 14.5. The van der Waals surface area contributed by atoms with Gasteiger partial charge in [-0.05, 0) is 68.9 Å². The van der Waals surface area contributed by atoms with Crippen molar-refractivity contribution in [2.45, 2.75) is 100 Å². The topological polar surface area (TPSA) is 119 Å². The summed E-state index contributed by atoms with van der Waals surface area (Å²) in [6.45, 7) is 3.58. The number of fused-ring (bicyclic) bond motifs is 1. The minimum absolute atomic E-state index is 0.0219. The van der Waals surface area contributed by atoms with Gasteiger partial charge in [-0.1, -0.05) is 18.2 Å². The van der Waals surface area contributed by atoms with Crippen LogP contribution in [-0.2, 0) is 30.1 Å². The fraction of sp³-hybridized carbons (Fsp3) is 0.595. The molecule has 0 aliphatic carbocycles. The first-order valence-corrected chi connectivity index (χ1v) is 18.1. The highest BCUT2D eigenvalue weighted by Crippen LogP contribution is 2.47. The number of urea groups is 1. The largest absolute Gasteiger partial charge is 0.515 e. The quantitative estimate of drug-likeness (QED) is 0.167. The molecule has 290 valence electrons. The van der Waals surface area contributed by atoms with Crippen LogP contribution in [0.5, 0.6) is 0 Å². The van der Waals surface area contributed by atoms with E-state index in [2.05, 4.69) is 10.2 Å². The number of hydrogen-bond acceptors (Lipinski definition) is 6. The molecule has 3 fully saturated rings. The van der Waals surface area contributed by atoms with Gasteiger partial charge in [0.15, 0.2) is 5.66 Å². The van der Waals surface area contributed by atoms with E-state index >= 15 is 0 Å². The van der Waals surface area contributed by atoms with Crippen LogP contribution >= 0.6 is 0 Å². The zero-order valence-corrected chi connectivity index (χ0v) is 29.7. The normalized spacial score (nSPS) is 27.8. The number of aldehydes is 1. The Balaban J connectivity index is 1.40. The van der Waals surface area contributed by atoms with Crippen molar-refractivity contribution in [1.29, 1.82) is 0 Å². The number of benzene rings is 2. The number of likely N-dealkylation sites (tertiary alicyclic amines) is 3. The lowest BCUT2D eigenvalue weighted by Crippen LogP contribution is -2.78.